The molecule has 1 atom stereocenters. The highest BCUT2D eigenvalue weighted by atomic mass is 16.5. The zero-order chi connectivity index (χ0) is 14.1. The first-order valence-electron chi connectivity index (χ1n) is 7.59. The number of hydrogen-bond donors (Lipinski definition) is 0. The van der Waals surface area contributed by atoms with E-state index in [2.05, 4.69) is 49.1 Å². The molecule has 0 N–H and O–H groups in total. The van der Waals surface area contributed by atoms with Gasteiger partial charge in [0.2, 0.25) is 0 Å². The van der Waals surface area contributed by atoms with Gasteiger partial charge in [0.25, 0.3) is 0 Å². The smallest absolute Gasteiger partial charge is 0.119 e. The van der Waals surface area contributed by atoms with Crippen molar-refractivity contribution in [2.75, 3.05) is 20.2 Å². The Balaban J connectivity index is 2.09. The second-order valence-corrected chi connectivity index (χ2v) is 5.59. The highest BCUT2D eigenvalue weighted by Gasteiger charge is 2.24. The van der Waals surface area contributed by atoms with E-state index in [1.807, 2.05) is 0 Å². The maximum absolute atomic E-state index is 5.46. The Morgan fingerprint density at radius 1 is 1.10 bits per heavy atom. The van der Waals surface area contributed by atoms with Crippen molar-refractivity contribution in [2.45, 2.75) is 32.7 Å². The van der Waals surface area contributed by atoms with Crippen LogP contribution in [0.5, 0.6) is 5.75 Å². The summed E-state index contributed by atoms with van der Waals surface area (Å²) in [6.45, 7) is 6.75. The Morgan fingerprint density at radius 3 is 2.55 bits per heavy atom. The van der Waals surface area contributed by atoms with Gasteiger partial charge in [0.1, 0.15) is 5.75 Å². The first kappa shape index (κ1) is 13.4. The Hall–Kier alpha value is -1.54. The molecule has 0 amide bonds. The summed E-state index contributed by atoms with van der Waals surface area (Å²) in [6, 6.07) is 11.7. The SMILES string of the molecule is CCN(CC)C1Cc2cccc3cc(OC)cc(c23)C1. The number of methoxy groups -OCH3 is 1. The monoisotopic (exact) mass is 269 g/mol. The number of benzene rings is 2. The highest BCUT2D eigenvalue weighted by Crippen LogP contribution is 2.34. The van der Waals surface area contributed by atoms with Crippen molar-refractivity contribution < 1.29 is 4.74 Å². The fraction of sp³-hybridized carbons (Fsp3) is 0.444. The van der Waals surface area contributed by atoms with E-state index in [4.69, 9.17) is 4.74 Å². The summed E-state index contributed by atoms with van der Waals surface area (Å²) < 4.78 is 5.46. The van der Waals surface area contributed by atoms with Crippen molar-refractivity contribution in [3.63, 3.8) is 0 Å². The van der Waals surface area contributed by atoms with E-state index >= 15 is 0 Å². The third-order valence-corrected chi connectivity index (χ3v) is 4.59. The van der Waals surface area contributed by atoms with Crippen LogP contribution in [0.15, 0.2) is 30.3 Å². The zero-order valence-corrected chi connectivity index (χ0v) is 12.6. The fourth-order valence-electron chi connectivity index (χ4n) is 3.60. The lowest BCUT2D eigenvalue weighted by atomic mass is 9.85. The molecule has 0 saturated carbocycles. The van der Waals surface area contributed by atoms with Gasteiger partial charge < -0.3 is 9.64 Å². The van der Waals surface area contributed by atoms with E-state index in [-0.39, 0.29) is 0 Å². The molecule has 2 nitrogen and oxygen atoms in total. The van der Waals surface area contributed by atoms with Crippen LogP contribution in [0.4, 0.5) is 0 Å². The minimum atomic E-state index is 0.621. The third kappa shape index (κ3) is 2.18. The predicted octanol–water partition coefficient (Wildman–Crippen LogP) is 3.66. The first-order chi connectivity index (χ1) is 9.76. The normalized spacial score (nSPS) is 17.7. The summed E-state index contributed by atoms with van der Waals surface area (Å²) in [5.74, 6) is 0.977. The molecular formula is C18H23NO. The molecule has 1 unspecified atom stereocenters. The van der Waals surface area contributed by atoms with Gasteiger partial charge >= 0.3 is 0 Å². The Labute approximate surface area is 121 Å². The molecule has 106 valence electrons. The van der Waals surface area contributed by atoms with Gasteiger partial charge in [-0.05, 0) is 60.0 Å². The largest absolute Gasteiger partial charge is 0.497 e. The molecule has 0 heterocycles. The molecule has 0 fully saturated rings. The number of likely N-dealkylation sites (N-methyl/N-ethyl adjacent to an activating group) is 1. The minimum Gasteiger partial charge on any atom is -0.497 e. The summed E-state index contributed by atoms with van der Waals surface area (Å²) in [4.78, 5) is 2.57. The van der Waals surface area contributed by atoms with Crippen LogP contribution >= 0.6 is 0 Å². The maximum atomic E-state index is 5.46. The van der Waals surface area contributed by atoms with Gasteiger partial charge in [-0.1, -0.05) is 32.0 Å². The summed E-state index contributed by atoms with van der Waals surface area (Å²) in [7, 11) is 1.75. The average molecular weight is 269 g/mol. The first-order valence-corrected chi connectivity index (χ1v) is 7.59. The lowest BCUT2D eigenvalue weighted by Gasteiger charge is -2.34. The Bertz CT molecular complexity index is 616. The number of rotatable bonds is 4. The van der Waals surface area contributed by atoms with E-state index in [1.54, 1.807) is 7.11 Å². The van der Waals surface area contributed by atoms with Crippen LogP contribution in [-0.2, 0) is 12.8 Å². The van der Waals surface area contributed by atoms with Crippen molar-refractivity contribution in [1.29, 1.82) is 0 Å². The van der Waals surface area contributed by atoms with Crippen LogP contribution in [0.25, 0.3) is 10.8 Å². The summed E-state index contributed by atoms with van der Waals surface area (Å²) in [5.41, 5.74) is 2.93. The maximum Gasteiger partial charge on any atom is 0.119 e. The molecule has 0 radical (unpaired) electrons. The predicted molar refractivity (Wildman–Crippen MR) is 84.6 cm³/mol. The van der Waals surface area contributed by atoms with Gasteiger partial charge in [0.05, 0.1) is 7.11 Å². The van der Waals surface area contributed by atoms with Crippen LogP contribution in [0.3, 0.4) is 0 Å². The van der Waals surface area contributed by atoms with Crippen molar-refractivity contribution in [3.05, 3.63) is 41.5 Å². The molecule has 2 aromatic carbocycles. The average Bonchev–Trinajstić information content (AvgIpc) is 2.48. The van der Waals surface area contributed by atoms with E-state index in [0.717, 1.165) is 25.3 Å². The summed E-state index contributed by atoms with van der Waals surface area (Å²) >= 11 is 0. The number of ether oxygens (including phenoxy) is 1. The standard InChI is InChI=1S/C18H23NO/c1-4-19(5-2)16-9-13-7-6-8-14-11-17(20-3)12-15(10-16)18(13)14/h6-8,11-12,16H,4-5,9-10H2,1-3H3. The van der Waals surface area contributed by atoms with Crippen LogP contribution in [0.1, 0.15) is 25.0 Å². The molecule has 0 saturated heterocycles. The van der Waals surface area contributed by atoms with Gasteiger partial charge in [-0.3, -0.25) is 0 Å². The lowest BCUT2D eigenvalue weighted by molar-refractivity contribution is 0.212. The van der Waals surface area contributed by atoms with Gasteiger partial charge in [0, 0.05) is 6.04 Å². The van der Waals surface area contributed by atoms with Gasteiger partial charge in [-0.25, -0.2) is 0 Å². The lowest BCUT2D eigenvalue weighted by Crippen LogP contribution is -2.39. The van der Waals surface area contributed by atoms with E-state index < -0.39 is 0 Å². The van der Waals surface area contributed by atoms with Crippen LogP contribution in [-0.4, -0.2) is 31.1 Å². The van der Waals surface area contributed by atoms with Crippen LogP contribution in [0.2, 0.25) is 0 Å². The van der Waals surface area contributed by atoms with Crippen molar-refractivity contribution in [2.24, 2.45) is 0 Å². The fourth-order valence-corrected chi connectivity index (χ4v) is 3.60. The molecule has 20 heavy (non-hydrogen) atoms. The molecule has 1 aliphatic carbocycles. The Kier molecular flexibility index (Phi) is 3.66. The van der Waals surface area contributed by atoms with E-state index in [1.165, 1.54) is 28.3 Å². The van der Waals surface area contributed by atoms with E-state index in [0.29, 0.717) is 6.04 Å². The number of nitrogens with zero attached hydrogens (tertiary/aromatic N) is 1. The molecule has 0 aromatic heterocycles. The van der Waals surface area contributed by atoms with Crippen molar-refractivity contribution in [1.82, 2.24) is 4.90 Å². The quantitative estimate of drug-likeness (QED) is 0.840. The molecular weight excluding hydrogens is 246 g/mol. The van der Waals surface area contributed by atoms with Gasteiger partial charge in [0.15, 0.2) is 0 Å². The molecule has 3 rings (SSSR count). The summed E-state index contributed by atoms with van der Waals surface area (Å²) in [6.07, 6.45) is 2.30. The molecule has 2 heteroatoms. The molecule has 2 aromatic rings. The second kappa shape index (κ2) is 5.45. The van der Waals surface area contributed by atoms with Crippen molar-refractivity contribution in [3.8, 4) is 5.75 Å². The highest BCUT2D eigenvalue weighted by molar-refractivity contribution is 5.91. The molecule has 0 spiro atoms. The van der Waals surface area contributed by atoms with Gasteiger partial charge in [-0.2, -0.15) is 0 Å². The molecule has 0 bridgehead atoms. The van der Waals surface area contributed by atoms with Crippen LogP contribution in [0, 0.1) is 0 Å². The van der Waals surface area contributed by atoms with Crippen molar-refractivity contribution >= 4 is 10.8 Å². The van der Waals surface area contributed by atoms with Crippen LogP contribution < -0.4 is 4.74 Å². The Morgan fingerprint density at radius 2 is 1.85 bits per heavy atom. The molecule has 1 aliphatic rings. The van der Waals surface area contributed by atoms with E-state index in [9.17, 15) is 0 Å². The van der Waals surface area contributed by atoms with Gasteiger partial charge in [-0.15, -0.1) is 0 Å². The summed E-state index contributed by atoms with van der Waals surface area (Å²) in [5, 5.41) is 2.77. The minimum absolute atomic E-state index is 0.621. The third-order valence-electron chi connectivity index (χ3n) is 4.59. The topological polar surface area (TPSA) is 12.5 Å². The zero-order valence-electron chi connectivity index (χ0n) is 12.6. The second-order valence-electron chi connectivity index (χ2n) is 5.59. The number of hydrogen-bond acceptors (Lipinski definition) is 2. The molecule has 0 aliphatic heterocycles.